The fraction of sp³-hybridized carbons (Fsp3) is 0.636. The molecule has 0 aliphatic heterocycles. The highest BCUT2D eigenvalue weighted by Gasteiger charge is 2.30. The van der Waals surface area contributed by atoms with Gasteiger partial charge in [0.2, 0.25) is 10.0 Å². The molecular weight excluding hydrogens is 322 g/mol. The van der Waals surface area contributed by atoms with Crippen LogP contribution in [0.25, 0.3) is 0 Å². The predicted molar refractivity (Wildman–Crippen MR) is 69.5 cm³/mol. The van der Waals surface area contributed by atoms with Crippen molar-refractivity contribution in [2.75, 3.05) is 0 Å². The molecule has 102 valence electrons. The minimum Gasteiger partial charge on any atom is -0.450 e. The van der Waals surface area contributed by atoms with Crippen molar-refractivity contribution >= 4 is 26.0 Å². The Bertz CT molecular complexity index is 525. The average molecular weight is 338 g/mol. The molecule has 2 unspecified atom stereocenters. The van der Waals surface area contributed by atoms with Crippen LogP contribution < -0.4 is 4.72 Å². The molecule has 0 bridgehead atoms. The Labute approximate surface area is 115 Å². The maximum atomic E-state index is 12.2. The number of rotatable bonds is 4. The smallest absolute Gasteiger partial charge is 0.245 e. The molecule has 1 aromatic heterocycles. The van der Waals surface area contributed by atoms with Crippen molar-refractivity contribution in [2.45, 2.75) is 43.7 Å². The first-order chi connectivity index (χ1) is 8.44. The molecule has 1 heterocycles. The van der Waals surface area contributed by atoms with Gasteiger partial charge in [0.25, 0.3) is 0 Å². The van der Waals surface area contributed by atoms with Gasteiger partial charge in [-0.05, 0) is 34.7 Å². The Kier molecular flexibility index (Phi) is 4.15. The quantitative estimate of drug-likeness (QED) is 0.880. The standard InChI is InChI=1S/C11H16BrNO4S/c1-7-3-2-4-9(7)13-18(15,16)10-5-8(6-14)17-11(10)12/h5,7,9,13-14H,2-4,6H2,1H3. The van der Waals surface area contributed by atoms with Crippen molar-refractivity contribution < 1.29 is 17.9 Å². The van der Waals surface area contributed by atoms with E-state index in [4.69, 9.17) is 9.52 Å². The largest absolute Gasteiger partial charge is 0.450 e. The number of halogens is 1. The molecule has 5 nitrogen and oxygen atoms in total. The van der Waals surface area contributed by atoms with Crippen molar-refractivity contribution in [2.24, 2.45) is 5.92 Å². The topological polar surface area (TPSA) is 79.5 Å². The van der Waals surface area contributed by atoms with Crippen LogP contribution in [0.2, 0.25) is 0 Å². The Hall–Kier alpha value is -0.370. The van der Waals surface area contributed by atoms with Crippen molar-refractivity contribution in [3.63, 3.8) is 0 Å². The Balaban J connectivity index is 2.22. The van der Waals surface area contributed by atoms with Crippen molar-refractivity contribution in [1.29, 1.82) is 0 Å². The van der Waals surface area contributed by atoms with Gasteiger partial charge < -0.3 is 9.52 Å². The van der Waals surface area contributed by atoms with Gasteiger partial charge >= 0.3 is 0 Å². The Morgan fingerprint density at radius 3 is 2.78 bits per heavy atom. The summed E-state index contributed by atoms with van der Waals surface area (Å²) in [5, 5.41) is 8.94. The molecule has 1 saturated carbocycles. The summed E-state index contributed by atoms with van der Waals surface area (Å²) < 4.78 is 32.3. The van der Waals surface area contributed by atoms with E-state index in [1.807, 2.05) is 6.92 Å². The van der Waals surface area contributed by atoms with Gasteiger partial charge in [0.05, 0.1) is 0 Å². The summed E-state index contributed by atoms with van der Waals surface area (Å²) in [6, 6.07) is 1.32. The summed E-state index contributed by atoms with van der Waals surface area (Å²) in [6.45, 7) is 1.72. The zero-order chi connectivity index (χ0) is 13.3. The van der Waals surface area contributed by atoms with Gasteiger partial charge in [0.1, 0.15) is 17.3 Å². The molecule has 0 aromatic carbocycles. The van der Waals surface area contributed by atoms with Gasteiger partial charge in [-0.15, -0.1) is 0 Å². The van der Waals surface area contributed by atoms with Crippen LogP contribution in [0.1, 0.15) is 31.9 Å². The molecule has 0 radical (unpaired) electrons. The molecule has 0 saturated heterocycles. The lowest BCUT2D eigenvalue weighted by atomic mass is 10.1. The molecule has 0 amide bonds. The minimum atomic E-state index is -3.60. The maximum absolute atomic E-state index is 12.2. The summed E-state index contributed by atoms with van der Waals surface area (Å²) in [6.07, 6.45) is 2.95. The lowest BCUT2D eigenvalue weighted by Crippen LogP contribution is -2.36. The van der Waals surface area contributed by atoms with Gasteiger partial charge in [0, 0.05) is 12.1 Å². The van der Waals surface area contributed by atoms with Crippen molar-refractivity contribution in [1.82, 2.24) is 4.72 Å². The first kappa shape index (κ1) is 14.0. The maximum Gasteiger partial charge on any atom is 0.245 e. The van der Waals surface area contributed by atoms with Crippen LogP contribution in [0, 0.1) is 5.92 Å². The SMILES string of the molecule is CC1CCCC1NS(=O)(=O)c1cc(CO)oc1Br. The number of nitrogens with one attached hydrogen (secondary N) is 1. The van der Waals surface area contributed by atoms with Crippen LogP contribution in [-0.4, -0.2) is 19.6 Å². The van der Waals surface area contributed by atoms with Crippen LogP contribution in [0.3, 0.4) is 0 Å². The van der Waals surface area contributed by atoms with Crippen LogP contribution in [0.4, 0.5) is 0 Å². The van der Waals surface area contributed by atoms with E-state index < -0.39 is 10.0 Å². The number of aliphatic hydroxyl groups excluding tert-OH is 1. The van der Waals surface area contributed by atoms with Crippen LogP contribution in [0.15, 0.2) is 20.0 Å². The number of hydrogen-bond donors (Lipinski definition) is 2. The summed E-state index contributed by atoms with van der Waals surface area (Å²) in [5.74, 6) is 0.574. The van der Waals surface area contributed by atoms with E-state index in [0.717, 1.165) is 19.3 Å². The molecule has 0 spiro atoms. The third kappa shape index (κ3) is 2.79. The van der Waals surface area contributed by atoms with Gasteiger partial charge in [-0.3, -0.25) is 0 Å². The van der Waals surface area contributed by atoms with E-state index in [1.165, 1.54) is 6.07 Å². The second-order valence-corrected chi connectivity index (χ2v) is 7.05. The molecule has 1 aromatic rings. The second-order valence-electron chi connectivity index (χ2n) is 4.64. The van der Waals surface area contributed by atoms with E-state index in [1.54, 1.807) is 0 Å². The van der Waals surface area contributed by atoms with E-state index in [2.05, 4.69) is 20.7 Å². The lowest BCUT2D eigenvalue weighted by Gasteiger charge is -2.16. The molecule has 1 aliphatic carbocycles. The van der Waals surface area contributed by atoms with Crippen molar-refractivity contribution in [3.05, 3.63) is 16.5 Å². The Morgan fingerprint density at radius 2 is 2.28 bits per heavy atom. The fourth-order valence-corrected chi connectivity index (χ4v) is 4.62. The molecule has 18 heavy (non-hydrogen) atoms. The normalized spacial score (nSPS) is 24.6. The number of hydrogen-bond acceptors (Lipinski definition) is 4. The summed E-state index contributed by atoms with van der Waals surface area (Å²) >= 11 is 3.06. The lowest BCUT2D eigenvalue weighted by molar-refractivity contribution is 0.245. The molecule has 2 N–H and O–H groups in total. The highest BCUT2D eigenvalue weighted by molar-refractivity contribution is 9.10. The van der Waals surface area contributed by atoms with Crippen molar-refractivity contribution in [3.8, 4) is 0 Å². The molecule has 2 atom stereocenters. The third-order valence-corrected chi connectivity index (χ3v) is 5.67. The second kappa shape index (κ2) is 5.32. The first-order valence-corrected chi connectivity index (χ1v) is 8.13. The summed E-state index contributed by atoms with van der Waals surface area (Å²) in [4.78, 5) is 0.0469. The average Bonchev–Trinajstić information content (AvgIpc) is 2.86. The zero-order valence-corrected chi connectivity index (χ0v) is 12.4. The highest BCUT2D eigenvalue weighted by Crippen LogP contribution is 2.30. The Morgan fingerprint density at radius 1 is 1.56 bits per heavy atom. The third-order valence-electron chi connectivity index (χ3n) is 3.32. The molecular formula is C11H16BrNO4S. The van der Waals surface area contributed by atoms with Gasteiger partial charge in [-0.2, -0.15) is 0 Å². The first-order valence-electron chi connectivity index (χ1n) is 5.85. The molecule has 2 rings (SSSR count). The number of aliphatic hydroxyl groups is 1. The monoisotopic (exact) mass is 337 g/mol. The zero-order valence-electron chi connectivity index (χ0n) is 10.0. The van der Waals surface area contributed by atoms with E-state index >= 15 is 0 Å². The molecule has 1 aliphatic rings. The van der Waals surface area contributed by atoms with E-state index in [9.17, 15) is 8.42 Å². The number of sulfonamides is 1. The van der Waals surface area contributed by atoms with Gasteiger partial charge in [0.15, 0.2) is 4.67 Å². The summed E-state index contributed by atoms with van der Waals surface area (Å²) in [7, 11) is -3.60. The molecule has 1 fully saturated rings. The van der Waals surface area contributed by atoms with Crippen LogP contribution in [0.5, 0.6) is 0 Å². The van der Waals surface area contributed by atoms with Gasteiger partial charge in [-0.1, -0.05) is 13.3 Å². The molecule has 7 heteroatoms. The minimum absolute atomic E-state index is 0.0191. The predicted octanol–water partition coefficient (Wildman–Crippen LogP) is 2.00. The van der Waals surface area contributed by atoms with Gasteiger partial charge in [-0.25, -0.2) is 13.1 Å². The highest BCUT2D eigenvalue weighted by atomic mass is 79.9. The van der Waals surface area contributed by atoms with Crippen LogP contribution >= 0.6 is 15.9 Å². The fourth-order valence-electron chi connectivity index (χ4n) is 2.24. The van der Waals surface area contributed by atoms with E-state index in [-0.39, 0.29) is 28.0 Å². The summed E-state index contributed by atoms with van der Waals surface area (Å²) in [5.41, 5.74) is 0. The van der Waals surface area contributed by atoms with Crippen LogP contribution in [-0.2, 0) is 16.6 Å². The van der Waals surface area contributed by atoms with E-state index in [0.29, 0.717) is 5.92 Å². The number of furan rings is 1.